The van der Waals surface area contributed by atoms with E-state index in [-0.39, 0.29) is 5.78 Å². The van der Waals surface area contributed by atoms with E-state index < -0.39 is 13.9 Å². The number of ether oxygens (including phenoxy) is 2. The fraction of sp³-hybridized carbons (Fsp3) is 0.812. The third kappa shape index (κ3) is 4.03. The van der Waals surface area contributed by atoms with E-state index in [4.69, 9.17) is 9.47 Å². The van der Waals surface area contributed by atoms with Crippen molar-refractivity contribution in [3.05, 3.63) is 11.8 Å². The number of hydrogen-bond donors (Lipinski definition) is 0. The Morgan fingerprint density at radius 3 is 2.10 bits per heavy atom. The molecule has 116 valence electrons. The third-order valence-corrected chi connectivity index (χ3v) is 10.6. The number of ketones is 1. The highest BCUT2D eigenvalue weighted by Gasteiger charge is 2.34. The number of hydrogen-bond acceptors (Lipinski definition) is 3. The van der Waals surface area contributed by atoms with Crippen molar-refractivity contribution in [1.29, 1.82) is 0 Å². The molecule has 0 atom stereocenters. The fourth-order valence-corrected chi connectivity index (χ4v) is 6.60. The Kier molecular flexibility index (Phi) is 6.62. The SMILES string of the molecule is C=C(C(=O)CCCC1(C)OCCO1)[Si](CC)(CC)CC. The lowest BCUT2D eigenvalue weighted by molar-refractivity contribution is -0.148. The molecule has 4 heteroatoms. The van der Waals surface area contributed by atoms with Gasteiger partial charge in [-0.05, 0) is 18.5 Å². The van der Waals surface area contributed by atoms with Gasteiger partial charge in [0.1, 0.15) is 0 Å². The van der Waals surface area contributed by atoms with E-state index >= 15 is 0 Å². The summed E-state index contributed by atoms with van der Waals surface area (Å²) in [6.45, 7) is 14.1. The molecule has 0 bridgehead atoms. The predicted molar refractivity (Wildman–Crippen MR) is 85.5 cm³/mol. The Labute approximate surface area is 124 Å². The molecule has 1 aliphatic rings. The molecule has 0 aromatic rings. The summed E-state index contributed by atoms with van der Waals surface area (Å²) in [5.41, 5.74) is 0. The van der Waals surface area contributed by atoms with Gasteiger partial charge in [0.2, 0.25) is 0 Å². The molecule has 1 heterocycles. The quantitative estimate of drug-likeness (QED) is 0.475. The zero-order chi connectivity index (χ0) is 15.2. The molecule has 0 amide bonds. The van der Waals surface area contributed by atoms with Gasteiger partial charge in [0.25, 0.3) is 0 Å². The van der Waals surface area contributed by atoms with Crippen molar-refractivity contribution in [2.75, 3.05) is 13.2 Å². The van der Waals surface area contributed by atoms with E-state index in [1.165, 1.54) is 0 Å². The lowest BCUT2D eigenvalue weighted by Gasteiger charge is -2.30. The third-order valence-electron chi connectivity index (χ3n) is 4.94. The highest BCUT2D eigenvalue weighted by atomic mass is 28.3. The van der Waals surface area contributed by atoms with Crippen molar-refractivity contribution in [2.24, 2.45) is 0 Å². The average molecular weight is 298 g/mol. The Morgan fingerprint density at radius 1 is 1.15 bits per heavy atom. The lowest BCUT2D eigenvalue weighted by Crippen LogP contribution is -2.37. The first-order valence-electron chi connectivity index (χ1n) is 7.93. The molecule has 0 aliphatic carbocycles. The Bertz CT molecular complexity index is 333. The van der Waals surface area contributed by atoms with Crippen LogP contribution in [0, 0.1) is 0 Å². The number of allylic oxidation sites excluding steroid dienone is 1. The fourth-order valence-electron chi connectivity index (χ4n) is 3.11. The number of rotatable bonds is 9. The number of carbonyl (C=O) groups excluding carboxylic acids is 1. The largest absolute Gasteiger partial charge is 0.348 e. The van der Waals surface area contributed by atoms with Gasteiger partial charge < -0.3 is 9.47 Å². The second-order valence-corrected chi connectivity index (χ2v) is 11.2. The van der Waals surface area contributed by atoms with Gasteiger partial charge in [0.15, 0.2) is 11.6 Å². The van der Waals surface area contributed by atoms with Crippen LogP contribution in [0.2, 0.25) is 18.1 Å². The van der Waals surface area contributed by atoms with Gasteiger partial charge in [-0.2, -0.15) is 0 Å². The smallest absolute Gasteiger partial charge is 0.165 e. The van der Waals surface area contributed by atoms with Gasteiger partial charge in [-0.25, -0.2) is 0 Å². The van der Waals surface area contributed by atoms with Gasteiger partial charge >= 0.3 is 0 Å². The van der Waals surface area contributed by atoms with Crippen molar-refractivity contribution in [3.63, 3.8) is 0 Å². The van der Waals surface area contributed by atoms with Crippen LogP contribution < -0.4 is 0 Å². The van der Waals surface area contributed by atoms with E-state index in [1.54, 1.807) is 0 Å². The summed E-state index contributed by atoms with van der Waals surface area (Å²) in [5.74, 6) is -0.208. The van der Waals surface area contributed by atoms with Crippen LogP contribution >= 0.6 is 0 Å². The first-order chi connectivity index (χ1) is 9.43. The van der Waals surface area contributed by atoms with Crippen LogP contribution in [0.15, 0.2) is 11.8 Å². The molecular weight excluding hydrogens is 268 g/mol. The van der Waals surface area contributed by atoms with Gasteiger partial charge in [0, 0.05) is 12.8 Å². The van der Waals surface area contributed by atoms with Gasteiger partial charge in [0.05, 0.1) is 21.3 Å². The lowest BCUT2D eigenvalue weighted by atomic mass is 10.1. The molecule has 20 heavy (non-hydrogen) atoms. The summed E-state index contributed by atoms with van der Waals surface area (Å²) in [7, 11) is -1.59. The zero-order valence-electron chi connectivity index (χ0n) is 13.6. The number of carbonyl (C=O) groups is 1. The summed E-state index contributed by atoms with van der Waals surface area (Å²) >= 11 is 0. The standard InChI is InChI=1S/C16H30O3Si/c1-6-20(7-2,8-3)14(4)15(17)10-9-11-16(5)18-12-13-19-16/h4,6-13H2,1-3,5H3. The summed E-state index contributed by atoms with van der Waals surface area (Å²) in [6, 6.07) is 3.36. The molecular formula is C16H30O3Si. The summed E-state index contributed by atoms with van der Waals surface area (Å²) < 4.78 is 11.1. The zero-order valence-corrected chi connectivity index (χ0v) is 14.6. The van der Waals surface area contributed by atoms with Crippen LogP contribution in [0.5, 0.6) is 0 Å². The van der Waals surface area contributed by atoms with Crippen LogP contribution in [0.3, 0.4) is 0 Å². The van der Waals surface area contributed by atoms with E-state index in [0.29, 0.717) is 19.6 Å². The molecule has 0 unspecified atom stereocenters. The van der Waals surface area contributed by atoms with Crippen molar-refractivity contribution in [1.82, 2.24) is 0 Å². The van der Waals surface area contributed by atoms with Crippen LogP contribution in [-0.2, 0) is 14.3 Å². The Hall–Kier alpha value is -0.453. The maximum absolute atomic E-state index is 12.4. The van der Waals surface area contributed by atoms with Crippen LogP contribution in [0.25, 0.3) is 0 Å². The first-order valence-corrected chi connectivity index (χ1v) is 10.6. The van der Waals surface area contributed by atoms with Gasteiger partial charge in [-0.3, -0.25) is 4.79 Å². The molecule has 1 fully saturated rings. The highest BCUT2D eigenvalue weighted by Crippen LogP contribution is 2.30. The van der Waals surface area contributed by atoms with Crippen molar-refractivity contribution < 1.29 is 14.3 Å². The molecule has 1 saturated heterocycles. The van der Waals surface area contributed by atoms with E-state index in [0.717, 1.165) is 36.2 Å². The maximum atomic E-state index is 12.4. The Balaban J connectivity index is 2.47. The summed E-state index contributed by atoms with van der Waals surface area (Å²) in [4.78, 5) is 12.4. The normalized spacial score (nSPS) is 18.2. The molecule has 0 aromatic heterocycles. The molecule has 0 radical (unpaired) electrons. The minimum atomic E-state index is -1.59. The van der Waals surface area contributed by atoms with Crippen molar-refractivity contribution in [2.45, 2.75) is 70.9 Å². The molecule has 1 rings (SSSR count). The molecule has 3 nitrogen and oxygen atoms in total. The first kappa shape index (κ1) is 17.6. The monoisotopic (exact) mass is 298 g/mol. The van der Waals surface area contributed by atoms with Crippen LogP contribution in [0.1, 0.15) is 47.0 Å². The predicted octanol–water partition coefficient (Wildman–Crippen LogP) is 4.09. The second-order valence-electron chi connectivity index (χ2n) is 5.93. The van der Waals surface area contributed by atoms with Crippen molar-refractivity contribution in [3.8, 4) is 0 Å². The van der Waals surface area contributed by atoms with E-state index in [1.807, 2.05) is 6.92 Å². The average Bonchev–Trinajstić information content (AvgIpc) is 2.88. The van der Waals surface area contributed by atoms with Gasteiger partial charge in [-0.15, -0.1) is 0 Å². The van der Waals surface area contributed by atoms with Crippen molar-refractivity contribution >= 4 is 13.9 Å². The molecule has 0 spiro atoms. The molecule has 1 aliphatic heterocycles. The maximum Gasteiger partial charge on any atom is 0.165 e. The Morgan fingerprint density at radius 2 is 1.65 bits per heavy atom. The van der Waals surface area contributed by atoms with Gasteiger partial charge in [-0.1, -0.05) is 45.5 Å². The minimum absolute atomic E-state index is 0.267. The van der Waals surface area contributed by atoms with Crippen LogP contribution in [-0.4, -0.2) is 32.9 Å². The van der Waals surface area contributed by atoms with Crippen LogP contribution in [0.4, 0.5) is 0 Å². The highest BCUT2D eigenvalue weighted by molar-refractivity contribution is 6.90. The number of Topliss-reactive ketones (excluding diaryl/α,β-unsaturated/α-hetero) is 1. The summed E-state index contributed by atoms with van der Waals surface area (Å²) in [6.07, 6.45) is 2.18. The minimum Gasteiger partial charge on any atom is -0.348 e. The second kappa shape index (κ2) is 7.53. The van der Waals surface area contributed by atoms with E-state index in [2.05, 4.69) is 27.4 Å². The summed E-state index contributed by atoms with van der Waals surface area (Å²) in [5, 5.41) is 0.948. The molecule has 0 saturated carbocycles. The topological polar surface area (TPSA) is 35.5 Å². The van der Waals surface area contributed by atoms with E-state index in [9.17, 15) is 4.79 Å². The molecule has 0 N–H and O–H groups in total. The molecule has 0 aromatic carbocycles.